The quantitative estimate of drug-likeness (QED) is 0.374. The second-order valence-electron chi connectivity index (χ2n) is 13.0. The van der Waals surface area contributed by atoms with Gasteiger partial charge in [0.25, 0.3) is 0 Å². The van der Waals surface area contributed by atoms with E-state index in [9.17, 15) is 9.59 Å². The van der Waals surface area contributed by atoms with Crippen molar-refractivity contribution in [2.45, 2.75) is 71.4 Å². The Morgan fingerprint density at radius 2 is 1.75 bits per heavy atom. The van der Waals surface area contributed by atoms with E-state index in [4.69, 9.17) is 4.74 Å². The molecule has 1 aliphatic heterocycles. The van der Waals surface area contributed by atoms with Crippen LogP contribution in [0.3, 0.4) is 0 Å². The number of morpholine rings is 1. The highest BCUT2D eigenvalue weighted by Crippen LogP contribution is 2.67. The Hall–Kier alpha value is -3.32. The van der Waals surface area contributed by atoms with E-state index in [1.54, 1.807) is 0 Å². The van der Waals surface area contributed by atoms with Gasteiger partial charge in [-0.2, -0.15) is 0 Å². The fraction of sp³-hybridized carbons (Fsp3) is 0.515. The van der Waals surface area contributed by atoms with E-state index in [-0.39, 0.29) is 29.2 Å². The normalized spacial score (nSPS) is 22.3. The van der Waals surface area contributed by atoms with E-state index < -0.39 is 5.54 Å². The first kappa shape index (κ1) is 26.9. The molecule has 6 rings (SSSR count). The van der Waals surface area contributed by atoms with E-state index in [2.05, 4.69) is 60.2 Å². The average Bonchev–Trinajstić information content (AvgIpc) is 3.81. The van der Waals surface area contributed by atoms with Gasteiger partial charge in [-0.05, 0) is 86.8 Å². The number of aromatic amines is 1. The van der Waals surface area contributed by atoms with Crippen molar-refractivity contribution in [3.05, 3.63) is 59.8 Å². The third-order valence-corrected chi connectivity index (χ3v) is 9.54. The van der Waals surface area contributed by atoms with E-state index in [1.165, 1.54) is 16.6 Å². The first-order chi connectivity index (χ1) is 19.1. The Bertz CT molecular complexity index is 1410. The van der Waals surface area contributed by atoms with Gasteiger partial charge in [-0.15, -0.1) is 0 Å². The van der Waals surface area contributed by atoms with Crippen molar-refractivity contribution in [3.8, 4) is 0 Å². The number of anilines is 2. The van der Waals surface area contributed by atoms with Gasteiger partial charge in [-0.1, -0.05) is 32.0 Å². The maximum absolute atomic E-state index is 14.0. The molecule has 2 saturated carbocycles. The molecular weight excluding hydrogens is 500 g/mol. The van der Waals surface area contributed by atoms with Crippen LogP contribution in [0.2, 0.25) is 0 Å². The summed E-state index contributed by atoms with van der Waals surface area (Å²) in [5.41, 5.74) is 4.63. The summed E-state index contributed by atoms with van der Waals surface area (Å²) in [6, 6.07) is 16.5. The van der Waals surface area contributed by atoms with Crippen LogP contribution >= 0.6 is 0 Å². The van der Waals surface area contributed by atoms with Gasteiger partial charge in [0.05, 0.1) is 13.2 Å². The van der Waals surface area contributed by atoms with Gasteiger partial charge in [0.15, 0.2) is 0 Å². The molecule has 1 saturated heterocycles. The number of H-pyrrole nitrogens is 1. The molecule has 40 heavy (non-hydrogen) atoms. The molecule has 0 radical (unpaired) electrons. The number of hydrogen-bond acceptors (Lipinski definition) is 4. The summed E-state index contributed by atoms with van der Waals surface area (Å²) >= 11 is 0. The van der Waals surface area contributed by atoms with Gasteiger partial charge < -0.3 is 24.8 Å². The molecule has 2 aliphatic carbocycles. The van der Waals surface area contributed by atoms with Crippen LogP contribution in [0.25, 0.3) is 10.9 Å². The van der Waals surface area contributed by atoms with Crippen LogP contribution in [0.4, 0.5) is 11.4 Å². The predicted molar refractivity (Wildman–Crippen MR) is 160 cm³/mol. The van der Waals surface area contributed by atoms with Crippen LogP contribution in [0, 0.1) is 18.3 Å². The van der Waals surface area contributed by atoms with E-state index in [0.29, 0.717) is 12.3 Å². The molecular formula is C33H42N4O3. The fourth-order valence-electron chi connectivity index (χ4n) is 6.96. The number of para-hydroxylation sites is 1. The van der Waals surface area contributed by atoms with Crippen molar-refractivity contribution in [2.24, 2.45) is 11.3 Å². The Morgan fingerprint density at radius 1 is 1.07 bits per heavy atom. The molecule has 2 amide bonds. The fourth-order valence-corrected chi connectivity index (χ4v) is 6.96. The zero-order valence-corrected chi connectivity index (χ0v) is 24.4. The minimum atomic E-state index is -0.952. The van der Waals surface area contributed by atoms with Crippen LogP contribution in [0.5, 0.6) is 0 Å². The highest BCUT2D eigenvalue weighted by Gasteiger charge is 2.60. The largest absolute Gasteiger partial charge is 0.378 e. The van der Waals surface area contributed by atoms with E-state index in [1.807, 2.05) is 43.0 Å². The van der Waals surface area contributed by atoms with Gasteiger partial charge in [-0.25, -0.2) is 0 Å². The number of nitrogens with one attached hydrogen (secondary N) is 2. The number of aryl methyl sites for hydroxylation is 1. The number of aromatic nitrogens is 1. The first-order valence-corrected chi connectivity index (χ1v) is 14.7. The minimum absolute atomic E-state index is 0.0231. The lowest BCUT2D eigenvalue weighted by Gasteiger charge is -2.38. The molecule has 2 atom stereocenters. The molecule has 212 valence electrons. The van der Waals surface area contributed by atoms with E-state index in [0.717, 1.165) is 56.0 Å². The molecule has 7 nitrogen and oxygen atoms in total. The highest BCUT2D eigenvalue weighted by molar-refractivity contribution is 6.00. The van der Waals surface area contributed by atoms with Crippen LogP contribution in [-0.4, -0.2) is 59.6 Å². The molecule has 0 unspecified atom stereocenters. The highest BCUT2D eigenvalue weighted by atomic mass is 16.5. The molecule has 3 aromatic rings. The maximum atomic E-state index is 14.0. The van der Waals surface area contributed by atoms with Crippen molar-refractivity contribution in [3.63, 3.8) is 0 Å². The molecule has 2 aromatic carbocycles. The SMILES string of the molecule is Cc1[nH]c2ccccc2c1[C@@H]1[C@H](CC(=O)N(C2CC2)C(C)(C)C(=O)Nc2ccc(N3CCOCC3)cc2)C1(C)C. The number of carbonyl (C=O) groups excluding carboxylic acids is 2. The third-order valence-electron chi connectivity index (χ3n) is 9.54. The molecule has 1 aromatic heterocycles. The topological polar surface area (TPSA) is 77.7 Å². The monoisotopic (exact) mass is 542 g/mol. The van der Waals surface area contributed by atoms with E-state index >= 15 is 0 Å². The molecule has 7 heteroatoms. The van der Waals surface area contributed by atoms with Gasteiger partial charge in [0.1, 0.15) is 5.54 Å². The van der Waals surface area contributed by atoms with Gasteiger partial charge in [0, 0.05) is 53.5 Å². The van der Waals surface area contributed by atoms with Crippen molar-refractivity contribution >= 4 is 34.1 Å². The first-order valence-electron chi connectivity index (χ1n) is 14.7. The molecule has 2 N–H and O–H groups in total. The number of nitrogens with zero attached hydrogens (tertiary/aromatic N) is 2. The molecule has 3 aliphatic rings. The van der Waals surface area contributed by atoms with Crippen LogP contribution in [0.15, 0.2) is 48.5 Å². The molecule has 0 bridgehead atoms. The smallest absolute Gasteiger partial charge is 0.249 e. The van der Waals surface area contributed by atoms with Crippen molar-refractivity contribution in [2.75, 3.05) is 36.5 Å². The van der Waals surface area contributed by atoms with Crippen LogP contribution in [0.1, 0.15) is 64.1 Å². The second-order valence-corrected chi connectivity index (χ2v) is 13.0. The summed E-state index contributed by atoms with van der Waals surface area (Å²) in [7, 11) is 0. The lowest BCUT2D eigenvalue weighted by Crippen LogP contribution is -2.56. The van der Waals surface area contributed by atoms with Crippen LogP contribution in [-0.2, 0) is 14.3 Å². The molecule has 3 fully saturated rings. The minimum Gasteiger partial charge on any atom is -0.378 e. The Morgan fingerprint density at radius 3 is 2.42 bits per heavy atom. The predicted octanol–water partition coefficient (Wildman–Crippen LogP) is 5.85. The summed E-state index contributed by atoms with van der Waals surface area (Å²) < 4.78 is 5.45. The van der Waals surface area contributed by atoms with Crippen molar-refractivity contribution < 1.29 is 14.3 Å². The third kappa shape index (κ3) is 4.78. The van der Waals surface area contributed by atoms with Crippen molar-refractivity contribution in [1.82, 2.24) is 9.88 Å². The lowest BCUT2D eigenvalue weighted by atomic mass is 9.98. The van der Waals surface area contributed by atoms with Gasteiger partial charge in [-0.3, -0.25) is 9.59 Å². The average molecular weight is 543 g/mol. The number of benzene rings is 2. The summed E-state index contributed by atoms with van der Waals surface area (Å²) in [6.07, 6.45) is 2.36. The summed E-state index contributed by atoms with van der Waals surface area (Å²) in [5, 5.41) is 4.35. The Kier molecular flexibility index (Phi) is 6.68. The number of amides is 2. The standard InChI is InChI=1S/C33H42N4O3/c1-21-29(25-8-6-7-9-27(25)34-21)30-26(32(30,2)3)20-28(38)37(24-14-15-24)33(4,5)31(39)35-22-10-12-23(13-11-22)36-16-18-40-19-17-36/h6-13,24,26,30,34H,14-20H2,1-5H3,(H,35,39)/t26-,30-/m0/s1. The number of ether oxygens (including phenoxy) is 1. The zero-order chi connectivity index (χ0) is 28.2. The van der Waals surface area contributed by atoms with Gasteiger partial charge in [0.2, 0.25) is 11.8 Å². The lowest BCUT2D eigenvalue weighted by molar-refractivity contribution is -0.144. The second kappa shape index (κ2) is 9.95. The summed E-state index contributed by atoms with van der Waals surface area (Å²) in [6.45, 7) is 13.7. The number of carbonyl (C=O) groups is 2. The maximum Gasteiger partial charge on any atom is 0.249 e. The van der Waals surface area contributed by atoms with Gasteiger partial charge >= 0.3 is 0 Å². The summed E-state index contributed by atoms with van der Waals surface area (Å²) in [4.78, 5) is 35.3. The number of rotatable bonds is 8. The number of fused-ring (bicyclic) bond motifs is 1. The van der Waals surface area contributed by atoms with Crippen molar-refractivity contribution in [1.29, 1.82) is 0 Å². The Balaban J connectivity index is 1.16. The molecule has 2 heterocycles. The van der Waals surface area contributed by atoms with Crippen LogP contribution < -0.4 is 10.2 Å². The Labute approximate surface area is 237 Å². The molecule has 0 spiro atoms. The summed E-state index contributed by atoms with van der Waals surface area (Å²) in [5.74, 6) is 0.496. The number of hydrogen-bond donors (Lipinski definition) is 2. The zero-order valence-electron chi connectivity index (χ0n) is 24.4.